The fourth-order valence-electron chi connectivity index (χ4n) is 5.88. The minimum Gasteiger partial charge on any atom is -0.442 e. The van der Waals surface area contributed by atoms with E-state index in [1.54, 1.807) is 13.1 Å². The van der Waals surface area contributed by atoms with Gasteiger partial charge in [0, 0.05) is 31.3 Å². The molecule has 37 heavy (non-hydrogen) atoms. The number of ether oxygens (including phenoxy) is 1. The number of nitrogens with zero attached hydrogens (tertiary/aromatic N) is 2. The number of para-hydroxylation sites is 2. The number of carbonyl (C=O) groups is 1. The van der Waals surface area contributed by atoms with Gasteiger partial charge in [0.2, 0.25) is 0 Å². The molecule has 2 N–H and O–H groups in total. The van der Waals surface area contributed by atoms with Crippen LogP contribution in [0.5, 0.6) is 0 Å². The maximum atomic E-state index is 14.0. The van der Waals surface area contributed by atoms with Gasteiger partial charge in [-0.05, 0) is 74.2 Å². The number of benzene rings is 2. The third-order valence-corrected chi connectivity index (χ3v) is 8.06. The van der Waals surface area contributed by atoms with E-state index in [9.17, 15) is 9.18 Å². The minimum absolute atomic E-state index is 0.00506. The first kappa shape index (κ1) is 27.1. The van der Waals surface area contributed by atoms with Crippen molar-refractivity contribution in [1.29, 1.82) is 0 Å². The van der Waals surface area contributed by atoms with Crippen molar-refractivity contribution in [3.63, 3.8) is 0 Å². The largest absolute Gasteiger partial charge is 0.442 e. The maximum absolute atomic E-state index is 14.0. The van der Waals surface area contributed by atoms with Gasteiger partial charge in [-0.1, -0.05) is 45.9 Å². The fourth-order valence-corrected chi connectivity index (χ4v) is 5.88. The van der Waals surface area contributed by atoms with Gasteiger partial charge in [-0.3, -0.25) is 0 Å². The second-order valence-corrected chi connectivity index (χ2v) is 11.6. The second-order valence-electron chi connectivity index (χ2n) is 11.6. The van der Waals surface area contributed by atoms with E-state index in [4.69, 9.17) is 9.72 Å². The molecule has 1 aromatic heterocycles. The number of aromatic nitrogens is 2. The molecule has 0 aliphatic heterocycles. The van der Waals surface area contributed by atoms with Crippen LogP contribution in [0.4, 0.5) is 9.18 Å². The number of imidazole rings is 1. The van der Waals surface area contributed by atoms with Crippen LogP contribution < -0.4 is 5.32 Å². The van der Waals surface area contributed by atoms with E-state index in [2.05, 4.69) is 56.0 Å². The van der Waals surface area contributed by atoms with Crippen LogP contribution in [0.1, 0.15) is 69.8 Å². The lowest BCUT2D eigenvalue weighted by atomic mass is 9.65. The first-order valence-electron chi connectivity index (χ1n) is 13.4. The number of carbonyl (C=O) groups excluding carboxylic acids is 1. The molecule has 7 heteroatoms. The standard InChI is InChI=1S/C30H41FN4O2/c1-20(2)26-23-12-11-22(31)19-21(23)13-14-30(26,37-28(36)32-5)16-18-35(6)17-15-29(3,4)27-33-24-9-7-8-10-25(24)34-27/h7-12,19-20,26H,13-18H2,1-6H3,(H,32,36)(H,33,34)/t26-,30-/m0/s1. The Hall–Kier alpha value is -2.93. The molecule has 1 amide bonds. The number of nitrogens with one attached hydrogen (secondary N) is 2. The van der Waals surface area contributed by atoms with Gasteiger partial charge in [-0.2, -0.15) is 0 Å². The van der Waals surface area contributed by atoms with Gasteiger partial charge in [-0.15, -0.1) is 0 Å². The van der Waals surface area contributed by atoms with Gasteiger partial charge in [0.1, 0.15) is 17.2 Å². The Morgan fingerprint density at radius 1 is 1.27 bits per heavy atom. The quantitative estimate of drug-likeness (QED) is 0.363. The Kier molecular flexibility index (Phi) is 7.93. The number of fused-ring (bicyclic) bond motifs is 2. The summed E-state index contributed by atoms with van der Waals surface area (Å²) in [5.41, 5.74) is 3.41. The predicted octanol–water partition coefficient (Wildman–Crippen LogP) is 6.17. The number of halogens is 1. The molecule has 1 aliphatic rings. The molecule has 1 heterocycles. The van der Waals surface area contributed by atoms with E-state index in [1.165, 1.54) is 6.07 Å². The van der Waals surface area contributed by atoms with Crippen LogP contribution in [0.3, 0.4) is 0 Å². The van der Waals surface area contributed by atoms with Crippen molar-refractivity contribution in [3.05, 3.63) is 65.2 Å². The van der Waals surface area contributed by atoms with Crippen LogP contribution in [0.15, 0.2) is 42.5 Å². The number of rotatable bonds is 9. The summed E-state index contributed by atoms with van der Waals surface area (Å²) in [5, 5.41) is 2.65. The minimum atomic E-state index is -0.651. The lowest BCUT2D eigenvalue weighted by molar-refractivity contribution is -0.0437. The number of hydrogen-bond acceptors (Lipinski definition) is 4. The maximum Gasteiger partial charge on any atom is 0.407 e. The molecule has 0 unspecified atom stereocenters. The number of alkyl carbamates (subject to hydrolysis) is 1. The van der Waals surface area contributed by atoms with Crippen molar-refractivity contribution in [2.75, 3.05) is 27.2 Å². The average Bonchev–Trinajstić information content (AvgIpc) is 3.31. The summed E-state index contributed by atoms with van der Waals surface area (Å²) in [7, 11) is 3.72. The van der Waals surface area contributed by atoms with Gasteiger partial charge in [0.25, 0.3) is 0 Å². The van der Waals surface area contributed by atoms with Crippen LogP contribution in [0.2, 0.25) is 0 Å². The van der Waals surface area contributed by atoms with Gasteiger partial charge in [0.15, 0.2) is 0 Å². The zero-order valence-corrected chi connectivity index (χ0v) is 23.0. The van der Waals surface area contributed by atoms with Crippen LogP contribution in [0, 0.1) is 11.7 Å². The van der Waals surface area contributed by atoms with E-state index in [0.29, 0.717) is 19.3 Å². The topological polar surface area (TPSA) is 70.2 Å². The summed E-state index contributed by atoms with van der Waals surface area (Å²) in [5.74, 6) is 1.01. The molecule has 2 atom stereocenters. The summed E-state index contributed by atoms with van der Waals surface area (Å²) in [6.07, 6.45) is 2.60. The molecule has 3 aromatic rings. The van der Waals surface area contributed by atoms with Crippen molar-refractivity contribution in [3.8, 4) is 0 Å². The van der Waals surface area contributed by atoms with E-state index >= 15 is 0 Å². The predicted molar refractivity (Wildman–Crippen MR) is 146 cm³/mol. The Morgan fingerprint density at radius 3 is 2.73 bits per heavy atom. The van der Waals surface area contributed by atoms with Gasteiger partial charge in [0.05, 0.1) is 11.0 Å². The number of hydrogen-bond donors (Lipinski definition) is 2. The van der Waals surface area contributed by atoms with E-state index in [-0.39, 0.29) is 23.1 Å². The highest BCUT2D eigenvalue weighted by Crippen LogP contribution is 2.48. The Morgan fingerprint density at radius 2 is 2.03 bits per heavy atom. The van der Waals surface area contributed by atoms with Gasteiger partial charge in [-0.25, -0.2) is 14.2 Å². The molecule has 6 nitrogen and oxygen atoms in total. The molecule has 0 radical (unpaired) electrons. The molecule has 200 valence electrons. The summed E-state index contributed by atoms with van der Waals surface area (Å²) in [4.78, 5) is 23.2. The second kappa shape index (κ2) is 10.8. The number of H-pyrrole nitrogens is 1. The van der Waals surface area contributed by atoms with Crippen LogP contribution in [0.25, 0.3) is 11.0 Å². The number of amides is 1. The third kappa shape index (κ3) is 5.82. The molecular formula is C30H41FN4O2. The Labute approximate surface area is 220 Å². The molecular weight excluding hydrogens is 467 g/mol. The molecule has 1 aliphatic carbocycles. The zero-order chi connectivity index (χ0) is 26.8. The summed E-state index contributed by atoms with van der Waals surface area (Å²) in [6.45, 7) is 10.4. The highest BCUT2D eigenvalue weighted by atomic mass is 19.1. The van der Waals surface area contributed by atoms with Crippen molar-refractivity contribution < 1.29 is 13.9 Å². The average molecular weight is 509 g/mol. The van der Waals surface area contributed by atoms with Crippen molar-refractivity contribution in [2.45, 2.75) is 70.3 Å². The number of aromatic amines is 1. The first-order chi connectivity index (χ1) is 17.5. The van der Waals surface area contributed by atoms with Crippen LogP contribution >= 0.6 is 0 Å². The molecule has 0 bridgehead atoms. The highest BCUT2D eigenvalue weighted by molar-refractivity contribution is 5.75. The first-order valence-corrected chi connectivity index (χ1v) is 13.4. The van der Waals surface area contributed by atoms with Gasteiger partial charge >= 0.3 is 6.09 Å². The Balaban J connectivity index is 1.49. The SMILES string of the molecule is CNC(=O)O[C@]1(CCN(C)CCC(C)(C)c2nc3ccccc3[nH]2)CCc2cc(F)ccc2[C@@H]1C(C)C. The van der Waals surface area contributed by atoms with E-state index in [1.807, 2.05) is 24.3 Å². The molecule has 4 rings (SSSR count). The highest BCUT2D eigenvalue weighted by Gasteiger charge is 2.47. The molecule has 0 saturated heterocycles. The van der Waals surface area contributed by atoms with E-state index in [0.717, 1.165) is 47.5 Å². The summed E-state index contributed by atoms with van der Waals surface area (Å²) >= 11 is 0. The number of aryl methyl sites for hydroxylation is 1. The van der Waals surface area contributed by atoms with Crippen LogP contribution in [-0.4, -0.2) is 53.7 Å². The van der Waals surface area contributed by atoms with Crippen LogP contribution in [-0.2, 0) is 16.6 Å². The third-order valence-electron chi connectivity index (χ3n) is 8.06. The Bertz CT molecular complexity index is 1200. The lowest BCUT2D eigenvalue weighted by Crippen LogP contribution is -2.49. The lowest BCUT2D eigenvalue weighted by Gasteiger charge is -2.47. The fraction of sp³-hybridized carbons (Fsp3) is 0.533. The van der Waals surface area contributed by atoms with E-state index < -0.39 is 11.7 Å². The molecule has 0 fully saturated rings. The molecule has 0 saturated carbocycles. The zero-order valence-electron chi connectivity index (χ0n) is 23.0. The molecule has 0 spiro atoms. The monoisotopic (exact) mass is 508 g/mol. The normalized spacial score (nSPS) is 19.9. The van der Waals surface area contributed by atoms with Crippen molar-refractivity contribution >= 4 is 17.1 Å². The van der Waals surface area contributed by atoms with Crippen molar-refractivity contribution in [1.82, 2.24) is 20.2 Å². The summed E-state index contributed by atoms with van der Waals surface area (Å²) in [6, 6.07) is 13.2. The molecule has 2 aromatic carbocycles. The summed E-state index contributed by atoms with van der Waals surface area (Å²) < 4.78 is 20.2. The van der Waals surface area contributed by atoms with Crippen molar-refractivity contribution in [2.24, 2.45) is 5.92 Å². The van der Waals surface area contributed by atoms with Gasteiger partial charge < -0.3 is 19.9 Å². The smallest absolute Gasteiger partial charge is 0.407 e.